The highest BCUT2D eigenvalue weighted by atomic mass is 32.2. The number of ether oxygens (including phenoxy) is 1. The molecular weight excluding hydrogens is 334 g/mol. The van der Waals surface area contributed by atoms with Crippen molar-refractivity contribution in [2.45, 2.75) is 19.1 Å². The number of carboxylic acid groups (broad SMARTS) is 1. The van der Waals surface area contributed by atoms with Crippen LogP contribution in [0.2, 0.25) is 0 Å². The summed E-state index contributed by atoms with van der Waals surface area (Å²) < 4.78 is 5.06. The monoisotopic (exact) mass is 354 g/mol. The number of hydrogen-bond acceptors (Lipinski definition) is 7. The predicted molar refractivity (Wildman–Crippen MR) is 89.1 cm³/mol. The molecule has 24 heavy (non-hydrogen) atoms. The summed E-state index contributed by atoms with van der Waals surface area (Å²) in [7, 11) is 0. The number of carbonyl (C=O) groups is 2. The van der Waals surface area contributed by atoms with Crippen LogP contribution in [-0.2, 0) is 16.1 Å². The number of carbonyl (C=O) groups excluding carboxylic acids is 1. The van der Waals surface area contributed by atoms with Gasteiger partial charge in [0.2, 0.25) is 4.91 Å². The minimum Gasteiger partial charge on any atom is -0.480 e. The zero-order valence-corrected chi connectivity index (χ0v) is 14.0. The van der Waals surface area contributed by atoms with Crippen LogP contribution >= 0.6 is 11.8 Å². The number of benzene rings is 1. The largest absolute Gasteiger partial charge is 0.480 e. The molecule has 0 radical (unpaired) electrons. The van der Waals surface area contributed by atoms with Gasteiger partial charge < -0.3 is 20.9 Å². The summed E-state index contributed by atoms with van der Waals surface area (Å²) in [6, 6.07) is 6.90. The first kappa shape index (κ1) is 19.6. The average Bonchev–Trinajstić information content (AvgIpc) is 2.53. The van der Waals surface area contributed by atoms with Crippen LogP contribution in [0.3, 0.4) is 0 Å². The molecule has 0 unspecified atom stereocenters. The third-order valence-corrected chi connectivity index (χ3v) is 4.21. The lowest BCUT2D eigenvalue weighted by molar-refractivity contribution is -0.141. The molecule has 0 spiro atoms. The summed E-state index contributed by atoms with van der Waals surface area (Å²) in [4.78, 5) is 25.4. The number of alkyl carbamates (subject to hydrolysis) is 1. The Bertz CT molecular complexity index is 631. The number of carboxylic acids is 1. The van der Waals surface area contributed by atoms with Gasteiger partial charge in [-0.2, -0.15) is 11.8 Å². The molecule has 0 aromatic heterocycles. The van der Waals surface area contributed by atoms with Gasteiger partial charge in [0.25, 0.3) is 0 Å². The zero-order valence-electron chi connectivity index (χ0n) is 13.2. The third kappa shape index (κ3) is 6.78. The van der Waals surface area contributed by atoms with E-state index in [1.54, 1.807) is 24.3 Å². The molecule has 0 aliphatic rings. The SMILES string of the molecule is C[C@](N)(CSCCNC(=O)OCc1ccccc1N=[N+]=N)C(=O)O. The summed E-state index contributed by atoms with van der Waals surface area (Å²) in [6.45, 7) is 1.77. The molecule has 1 aromatic carbocycles. The summed E-state index contributed by atoms with van der Waals surface area (Å²) in [5.41, 5.74) is 12.1. The molecule has 5 N–H and O–H groups in total. The highest BCUT2D eigenvalue weighted by molar-refractivity contribution is 7.99. The van der Waals surface area contributed by atoms with Gasteiger partial charge in [-0.05, 0) is 13.0 Å². The van der Waals surface area contributed by atoms with Gasteiger partial charge in [-0.1, -0.05) is 18.2 Å². The van der Waals surface area contributed by atoms with Crippen molar-refractivity contribution in [1.82, 2.24) is 10.2 Å². The van der Waals surface area contributed by atoms with Gasteiger partial charge in [0.1, 0.15) is 17.7 Å². The fraction of sp³-hybridized carbons (Fsp3) is 0.429. The van der Waals surface area contributed by atoms with Crippen molar-refractivity contribution in [3.63, 3.8) is 0 Å². The summed E-state index contributed by atoms with van der Waals surface area (Å²) >= 11 is 1.33. The minimum atomic E-state index is -1.29. The van der Waals surface area contributed by atoms with Crippen LogP contribution in [-0.4, -0.2) is 40.8 Å². The van der Waals surface area contributed by atoms with Crippen LogP contribution in [0.25, 0.3) is 0 Å². The van der Waals surface area contributed by atoms with Gasteiger partial charge in [-0.3, -0.25) is 4.79 Å². The average molecular weight is 354 g/mol. The second-order valence-corrected chi connectivity index (χ2v) is 6.21. The highest BCUT2D eigenvalue weighted by Gasteiger charge is 2.27. The Labute approximate surface area is 143 Å². The maximum Gasteiger partial charge on any atom is 0.407 e. The first-order valence-electron chi connectivity index (χ1n) is 7.03. The maximum absolute atomic E-state index is 11.6. The predicted octanol–water partition coefficient (Wildman–Crippen LogP) is 1.63. The smallest absolute Gasteiger partial charge is 0.407 e. The maximum atomic E-state index is 11.6. The van der Waals surface area contributed by atoms with Gasteiger partial charge >= 0.3 is 12.1 Å². The molecule has 1 amide bonds. The van der Waals surface area contributed by atoms with E-state index in [1.165, 1.54) is 18.7 Å². The molecular formula is C14H20N5O4S+. The summed E-state index contributed by atoms with van der Waals surface area (Å²) in [5.74, 6) is -0.311. The van der Waals surface area contributed by atoms with E-state index in [1.807, 2.05) is 0 Å². The molecule has 1 aromatic rings. The fourth-order valence-corrected chi connectivity index (χ4v) is 2.49. The molecule has 130 valence electrons. The Balaban J connectivity index is 2.28. The molecule has 0 aliphatic heterocycles. The molecule has 0 saturated heterocycles. The van der Waals surface area contributed by atoms with Gasteiger partial charge in [0.05, 0.1) is 0 Å². The third-order valence-electron chi connectivity index (χ3n) is 2.91. The van der Waals surface area contributed by atoms with Crippen molar-refractivity contribution in [3.05, 3.63) is 29.8 Å². The van der Waals surface area contributed by atoms with Crippen LogP contribution in [0, 0.1) is 5.53 Å². The van der Waals surface area contributed by atoms with Crippen molar-refractivity contribution in [2.75, 3.05) is 18.1 Å². The van der Waals surface area contributed by atoms with Gasteiger partial charge in [0, 0.05) is 23.6 Å². The molecule has 0 heterocycles. The van der Waals surface area contributed by atoms with E-state index in [9.17, 15) is 9.59 Å². The molecule has 0 bridgehead atoms. The van der Waals surface area contributed by atoms with Crippen molar-refractivity contribution >= 4 is 29.5 Å². The van der Waals surface area contributed by atoms with E-state index < -0.39 is 17.6 Å². The van der Waals surface area contributed by atoms with E-state index >= 15 is 0 Å². The summed E-state index contributed by atoms with van der Waals surface area (Å²) in [6.07, 6.45) is -0.595. The number of thioether (sulfide) groups is 1. The second kappa shape index (κ2) is 9.66. The zero-order chi connectivity index (χ0) is 18.0. The lowest BCUT2D eigenvalue weighted by atomic mass is 10.1. The van der Waals surface area contributed by atoms with Gasteiger partial charge in [-0.15, -0.1) is 0 Å². The summed E-state index contributed by atoms with van der Waals surface area (Å²) in [5, 5.41) is 15.1. The van der Waals surface area contributed by atoms with Crippen LogP contribution in [0.5, 0.6) is 0 Å². The standard InChI is InChI=1S/C14H19N5O4S/c1-14(15,12(20)21)9-24-7-6-17-13(22)23-8-10-4-2-3-5-11(10)18-19-16/h2-5,16H,6-9,15H2,1H3,(H-,17,20,21,22)/p+1/t14-/m0/s1. The van der Waals surface area contributed by atoms with Crippen LogP contribution in [0.15, 0.2) is 29.4 Å². The molecule has 0 fully saturated rings. The van der Waals surface area contributed by atoms with Gasteiger partial charge in [-0.25, -0.2) is 4.79 Å². The lowest BCUT2D eigenvalue weighted by Crippen LogP contribution is -2.47. The van der Waals surface area contributed by atoms with E-state index in [2.05, 4.69) is 15.3 Å². The van der Waals surface area contributed by atoms with E-state index in [-0.39, 0.29) is 12.4 Å². The Hall–Kier alpha value is -2.42. The molecule has 0 saturated carbocycles. The van der Waals surface area contributed by atoms with Crippen molar-refractivity contribution in [3.8, 4) is 0 Å². The van der Waals surface area contributed by atoms with Crippen molar-refractivity contribution < 1.29 is 19.4 Å². The lowest BCUT2D eigenvalue weighted by Gasteiger charge is -2.18. The number of nitrogens with one attached hydrogen (secondary N) is 2. The first-order valence-corrected chi connectivity index (χ1v) is 8.18. The first-order chi connectivity index (χ1) is 11.4. The van der Waals surface area contributed by atoms with Crippen LogP contribution < -0.4 is 16.0 Å². The molecule has 1 rings (SSSR count). The highest BCUT2D eigenvalue weighted by Crippen LogP contribution is 2.18. The molecule has 9 nitrogen and oxygen atoms in total. The number of nitrogens with two attached hydrogens (primary N) is 1. The molecule has 0 aliphatic carbocycles. The minimum absolute atomic E-state index is 0.00799. The Morgan fingerprint density at radius 1 is 1.50 bits per heavy atom. The normalized spacial score (nSPS) is 12.6. The number of rotatable bonds is 9. The number of amides is 1. The Morgan fingerprint density at radius 2 is 2.21 bits per heavy atom. The second-order valence-electron chi connectivity index (χ2n) is 5.11. The quantitative estimate of drug-likeness (QED) is 0.300. The van der Waals surface area contributed by atoms with Crippen molar-refractivity contribution in [1.29, 1.82) is 5.53 Å². The number of hydrogen-bond donors (Lipinski definition) is 4. The Kier molecular flexibility index (Phi) is 7.90. The topological polar surface area (TPSA) is 152 Å². The van der Waals surface area contributed by atoms with Crippen LogP contribution in [0.4, 0.5) is 10.5 Å². The molecule has 1 atom stereocenters. The Morgan fingerprint density at radius 3 is 2.88 bits per heavy atom. The van der Waals surface area contributed by atoms with Crippen molar-refractivity contribution in [2.24, 2.45) is 10.8 Å². The number of aliphatic carboxylic acids is 1. The molecule has 10 heteroatoms. The number of nitrogens with zero attached hydrogens (tertiary/aromatic N) is 2. The fourth-order valence-electron chi connectivity index (χ4n) is 1.55. The van der Waals surface area contributed by atoms with E-state index in [4.69, 9.17) is 21.1 Å². The van der Waals surface area contributed by atoms with Crippen LogP contribution in [0.1, 0.15) is 12.5 Å². The van der Waals surface area contributed by atoms with Gasteiger partial charge in [0.15, 0.2) is 10.8 Å². The van der Waals surface area contributed by atoms with E-state index in [0.717, 1.165) is 0 Å². The van der Waals surface area contributed by atoms with E-state index in [0.29, 0.717) is 23.5 Å².